The van der Waals surface area contributed by atoms with E-state index >= 15 is 0 Å². The molecule has 0 spiro atoms. The van der Waals surface area contributed by atoms with Crippen LogP contribution in [0.25, 0.3) is 76.2 Å². The summed E-state index contributed by atoms with van der Waals surface area (Å²) in [5, 5.41) is 4.90. The fraction of sp³-hybridized carbons (Fsp3) is 0. The van der Waals surface area contributed by atoms with Crippen LogP contribution in [0.5, 0.6) is 0 Å². The van der Waals surface area contributed by atoms with Gasteiger partial charge in [-0.15, -0.1) is 11.3 Å². The fourth-order valence-electron chi connectivity index (χ4n) is 5.56. The Bertz CT molecular complexity index is 2130. The molecule has 0 fully saturated rings. The van der Waals surface area contributed by atoms with Crippen LogP contribution in [-0.2, 0) is 0 Å². The van der Waals surface area contributed by atoms with Gasteiger partial charge < -0.3 is 0 Å². The maximum atomic E-state index is 5.05. The molecule has 2 aromatic heterocycles. The van der Waals surface area contributed by atoms with Crippen LogP contribution in [0.1, 0.15) is 0 Å². The third-order valence-corrected chi connectivity index (χ3v) is 8.63. The van der Waals surface area contributed by atoms with Crippen molar-refractivity contribution in [1.29, 1.82) is 0 Å². The highest BCUT2D eigenvalue weighted by atomic mass is 32.1. The normalized spacial score (nSPS) is 11.4. The summed E-state index contributed by atoms with van der Waals surface area (Å²) in [4.78, 5) is 15.0. The molecule has 0 saturated heterocycles. The van der Waals surface area contributed by atoms with Gasteiger partial charge in [-0.25, -0.2) is 15.0 Å². The number of nitrogens with zero attached hydrogens (tertiary/aromatic N) is 3. The van der Waals surface area contributed by atoms with Crippen molar-refractivity contribution in [3.05, 3.63) is 140 Å². The van der Waals surface area contributed by atoms with E-state index in [1.807, 2.05) is 72.0 Å². The zero-order valence-corrected chi connectivity index (χ0v) is 22.8. The molecule has 0 aliphatic rings. The summed E-state index contributed by atoms with van der Waals surface area (Å²) in [6, 6.07) is 48.5. The lowest BCUT2D eigenvalue weighted by Crippen LogP contribution is -2.00. The van der Waals surface area contributed by atoms with Gasteiger partial charge in [-0.3, -0.25) is 0 Å². The van der Waals surface area contributed by atoms with Crippen molar-refractivity contribution < 1.29 is 0 Å². The molecule has 0 amide bonds. The lowest BCUT2D eigenvalue weighted by atomic mass is 9.97. The molecule has 4 heteroatoms. The zero-order valence-electron chi connectivity index (χ0n) is 22.0. The largest absolute Gasteiger partial charge is 0.208 e. The number of thiophene rings is 1. The van der Waals surface area contributed by atoms with Crippen molar-refractivity contribution in [3.8, 4) is 45.3 Å². The number of hydrogen-bond donors (Lipinski definition) is 0. The summed E-state index contributed by atoms with van der Waals surface area (Å²) in [6.45, 7) is 0. The number of aromatic nitrogens is 3. The third-order valence-electron chi connectivity index (χ3n) is 7.53. The summed E-state index contributed by atoms with van der Waals surface area (Å²) < 4.78 is 2.50. The van der Waals surface area contributed by atoms with Gasteiger partial charge >= 0.3 is 0 Å². The lowest BCUT2D eigenvalue weighted by Gasteiger charge is -2.11. The van der Waals surface area contributed by atoms with Crippen LogP contribution in [0.2, 0.25) is 0 Å². The molecule has 8 aromatic rings. The topological polar surface area (TPSA) is 38.7 Å². The van der Waals surface area contributed by atoms with E-state index in [2.05, 4.69) is 78.9 Å². The van der Waals surface area contributed by atoms with Crippen LogP contribution < -0.4 is 0 Å². The van der Waals surface area contributed by atoms with Crippen LogP contribution in [-0.4, -0.2) is 15.0 Å². The Morgan fingerprint density at radius 3 is 1.54 bits per heavy atom. The first kappa shape index (κ1) is 23.7. The Morgan fingerprint density at radius 2 is 0.902 bits per heavy atom. The molecule has 0 bridgehead atoms. The summed E-state index contributed by atoms with van der Waals surface area (Å²) in [7, 11) is 0. The van der Waals surface area contributed by atoms with E-state index < -0.39 is 0 Å². The summed E-state index contributed by atoms with van der Waals surface area (Å²) in [6.07, 6.45) is 0. The Morgan fingerprint density at radius 1 is 0.366 bits per heavy atom. The van der Waals surface area contributed by atoms with Crippen LogP contribution in [0, 0.1) is 0 Å². The van der Waals surface area contributed by atoms with Crippen molar-refractivity contribution >= 4 is 42.3 Å². The molecular weight excluding hydrogens is 518 g/mol. The summed E-state index contributed by atoms with van der Waals surface area (Å²) >= 11 is 1.82. The van der Waals surface area contributed by atoms with E-state index in [4.69, 9.17) is 15.0 Å². The van der Waals surface area contributed by atoms with Gasteiger partial charge in [-0.1, -0.05) is 127 Å². The Balaban J connectivity index is 1.39. The van der Waals surface area contributed by atoms with Gasteiger partial charge in [-0.2, -0.15) is 0 Å². The van der Waals surface area contributed by atoms with Gasteiger partial charge in [0, 0.05) is 36.9 Å². The van der Waals surface area contributed by atoms with Crippen molar-refractivity contribution in [2.45, 2.75) is 0 Å². The van der Waals surface area contributed by atoms with E-state index in [-0.39, 0.29) is 0 Å². The number of fused-ring (bicyclic) bond motifs is 5. The molecule has 2 heterocycles. The first-order valence-electron chi connectivity index (χ1n) is 13.6. The van der Waals surface area contributed by atoms with Gasteiger partial charge in [-0.05, 0) is 34.0 Å². The zero-order chi connectivity index (χ0) is 27.2. The highest BCUT2D eigenvalue weighted by Gasteiger charge is 2.18. The average molecular weight is 542 g/mol. The predicted molar refractivity (Wildman–Crippen MR) is 172 cm³/mol. The van der Waals surface area contributed by atoms with Crippen LogP contribution in [0.3, 0.4) is 0 Å². The molecule has 192 valence electrons. The Hall–Kier alpha value is -5.19. The van der Waals surface area contributed by atoms with Gasteiger partial charge in [0.1, 0.15) is 0 Å². The van der Waals surface area contributed by atoms with Gasteiger partial charge in [0.15, 0.2) is 17.5 Å². The molecule has 0 atom stereocenters. The fourth-order valence-corrected chi connectivity index (χ4v) is 6.77. The lowest BCUT2D eigenvalue weighted by molar-refractivity contribution is 1.08. The first-order chi connectivity index (χ1) is 20.3. The molecule has 0 N–H and O–H groups in total. The molecule has 6 aromatic carbocycles. The van der Waals surface area contributed by atoms with Crippen LogP contribution in [0.15, 0.2) is 140 Å². The Kier molecular flexibility index (Phi) is 5.64. The quantitative estimate of drug-likeness (QED) is 0.222. The molecule has 0 unspecified atom stereocenters. The second kappa shape index (κ2) is 9.77. The molecule has 0 saturated carbocycles. The van der Waals surface area contributed by atoms with Crippen molar-refractivity contribution in [3.63, 3.8) is 0 Å². The highest BCUT2D eigenvalue weighted by Crippen LogP contribution is 2.43. The van der Waals surface area contributed by atoms with E-state index in [0.717, 1.165) is 22.1 Å². The molecule has 0 aliphatic carbocycles. The minimum Gasteiger partial charge on any atom is -0.208 e. The molecule has 3 nitrogen and oxygen atoms in total. The highest BCUT2D eigenvalue weighted by molar-refractivity contribution is 7.26. The first-order valence-corrected chi connectivity index (χ1v) is 14.4. The molecule has 0 radical (unpaired) electrons. The van der Waals surface area contributed by atoms with Crippen molar-refractivity contribution in [1.82, 2.24) is 15.0 Å². The standard InChI is InChI=1S/C37H23N3S/c1-4-12-24(13-5-1)27-20-21-30-32(22-27)41-33-23-31(28-18-10-11-19-29(28)34(30)33)37-39-35(25-14-6-2-7-15-25)38-36(40-37)26-16-8-3-9-17-26/h1-23H. The number of benzene rings is 6. The van der Waals surface area contributed by atoms with Gasteiger partial charge in [0.05, 0.1) is 0 Å². The molecule has 8 rings (SSSR count). The van der Waals surface area contributed by atoms with Crippen molar-refractivity contribution in [2.75, 3.05) is 0 Å². The minimum absolute atomic E-state index is 0.669. The SMILES string of the molecule is c1ccc(-c2ccc3c(c2)sc2cc(-c4nc(-c5ccccc5)nc(-c5ccccc5)n4)c4ccccc4c23)cc1. The number of hydrogen-bond acceptors (Lipinski definition) is 4. The summed E-state index contributed by atoms with van der Waals surface area (Å²) in [5.41, 5.74) is 5.40. The average Bonchev–Trinajstić information content (AvgIpc) is 3.43. The van der Waals surface area contributed by atoms with E-state index in [1.54, 1.807) is 0 Å². The molecular formula is C37H23N3S. The van der Waals surface area contributed by atoms with Gasteiger partial charge in [0.2, 0.25) is 0 Å². The smallest absolute Gasteiger partial charge is 0.164 e. The predicted octanol–water partition coefficient (Wildman–Crippen LogP) is 10.1. The number of rotatable bonds is 4. The monoisotopic (exact) mass is 541 g/mol. The van der Waals surface area contributed by atoms with E-state index in [1.165, 1.54) is 36.7 Å². The second-order valence-corrected chi connectivity index (χ2v) is 11.1. The van der Waals surface area contributed by atoms with Crippen molar-refractivity contribution in [2.24, 2.45) is 0 Å². The van der Waals surface area contributed by atoms with Crippen LogP contribution >= 0.6 is 11.3 Å². The summed E-state index contributed by atoms with van der Waals surface area (Å²) in [5.74, 6) is 2.02. The van der Waals surface area contributed by atoms with Gasteiger partial charge in [0.25, 0.3) is 0 Å². The minimum atomic E-state index is 0.669. The maximum absolute atomic E-state index is 5.05. The molecule has 0 aliphatic heterocycles. The maximum Gasteiger partial charge on any atom is 0.164 e. The van der Waals surface area contributed by atoms with E-state index in [9.17, 15) is 0 Å². The second-order valence-electron chi connectivity index (χ2n) is 10.1. The van der Waals surface area contributed by atoms with Crippen LogP contribution in [0.4, 0.5) is 0 Å². The third kappa shape index (κ3) is 4.17. The Labute approximate surface area is 241 Å². The van der Waals surface area contributed by atoms with E-state index in [0.29, 0.717) is 17.5 Å². The molecule has 41 heavy (non-hydrogen) atoms.